The molecule has 36 heavy (non-hydrogen) atoms. The number of aliphatic hydroxyl groups excluding tert-OH is 1. The summed E-state index contributed by atoms with van der Waals surface area (Å²) in [6, 6.07) is 11.9. The van der Waals surface area contributed by atoms with E-state index in [1.807, 2.05) is 38.1 Å². The average Bonchev–Trinajstić information content (AvgIpc) is 3.14. The molecule has 2 aliphatic rings. The van der Waals surface area contributed by atoms with Crippen molar-refractivity contribution in [2.75, 3.05) is 53.1 Å². The first-order valence-corrected chi connectivity index (χ1v) is 12.4. The molecule has 8 heteroatoms. The molecule has 0 aromatic heterocycles. The van der Waals surface area contributed by atoms with Crippen LogP contribution in [-0.2, 0) is 14.3 Å². The van der Waals surface area contributed by atoms with E-state index in [2.05, 4.69) is 4.90 Å². The van der Waals surface area contributed by atoms with Crippen molar-refractivity contribution in [2.24, 2.45) is 0 Å². The number of carbonyl (C=O) groups excluding carboxylic acids is 2. The van der Waals surface area contributed by atoms with Crippen molar-refractivity contribution in [3.8, 4) is 11.5 Å². The molecular weight excluding hydrogens is 460 g/mol. The second-order valence-corrected chi connectivity index (χ2v) is 8.95. The van der Waals surface area contributed by atoms with E-state index >= 15 is 0 Å². The Kier molecular flexibility index (Phi) is 8.28. The number of hydrogen-bond acceptors (Lipinski definition) is 7. The van der Waals surface area contributed by atoms with Gasteiger partial charge in [-0.3, -0.25) is 14.5 Å². The summed E-state index contributed by atoms with van der Waals surface area (Å²) in [7, 11) is 1.57. The number of likely N-dealkylation sites (tertiary alicyclic amines) is 1. The number of amides is 1. The fourth-order valence-corrected chi connectivity index (χ4v) is 4.89. The Labute approximate surface area is 212 Å². The van der Waals surface area contributed by atoms with Crippen LogP contribution in [0.1, 0.15) is 36.1 Å². The van der Waals surface area contributed by atoms with Crippen LogP contribution in [-0.4, -0.2) is 79.7 Å². The highest BCUT2D eigenvalue weighted by Gasteiger charge is 2.47. The molecule has 0 saturated carbocycles. The number of aliphatic hydroxyl groups is 1. The molecule has 4 rings (SSSR count). The van der Waals surface area contributed by atoms with Crippen molar-refractivity contribution in [3.63, 3.8) is 0 Å². The Balaban J connectivity index is 1.74. The van der Waals surface area contributed by atoms with Gasteiger partial charge in [0.2, 0.25) is 0 Å². The molecule has 1 atom stereocenters. The first kappa shape index (κ1) is 25.7. The zero-order valence-electron chi connectivity index (χ0n) is 21.2. The fourth-order valence-electron chi connectivity index (χ4n) is 4.89. The summed E-state index contributed by atoms with van der Waals surface area (Å²) in [5.41, 5.74) is 1.98. The number of Topliss-reactive ketones (excluding diaryl/α,β-unsaturated/α-hetero) is 1. The predicted molar refractivity (Wildman–Crippen MR) is 136 cm³/mol. The number of hydrogen-bond donors (Lipinski definition) is 1. The van der Waals surface area contributed by atoms with Gasteiger partial charge in [-0.25, -0.2) is 0 Å². The van der Waals surface area contributed by atoms with Crippen LogP contribution in [0.5, 0.6) is 11.5 Å². The van der Waals surface area contributed by atoms with E-state index in [0.717, 1.165) is 25.2 Å². The van der Waals surface area contributed by atoms with Gasteiger partial charge < -0.3 is 24.2 Å². The van der Waals surface area contributed by atoms with Crippen LogP contribution < -0.4 is 9.47 Å². The van der Waals surface area contributed by atoms with Crippen LogP contribution >= 0.6 is 0 Å². The number of benzene rings is 2. The number of methoxy groups -OCH3 is 1. The van der Waals surface area contributed by atoms with Crippen LogP contribution in [0.3, 0.4) is 0 Å². The molecule has 2 aliphatic heterocycles. The Hall–Kier alpha value is -3.36. The van der Waals surface area contributed by atoms with Crippen LogP contribution in [0, 0.1) is 6.92 Å². The highest BCUT2D eigenvalue weighted by Crippen LogP contribution is 2.43. The third kappa shape index (κ3) is 5.24. The van der Waals surface area contributed by atoms with E-state index in [1.54, 1.807) is 30.2 Å². The van der Waals surface area contributed by atoms with Gasteiger partial charge in [-0.15, -0.1) is 0 Å². The van der Waals surface area contributed by atoms with Crippen LogP contribution in [0.4, 0.5) is 0 Å². The Morgan fingerprint density at radius 2 is 1.86 bits per heavy atom. The van der Waals surface area contributed by atoms with Crippen LogP contribution in [0.15, 0.2) is 48.0 Å². The summed E-state index contributed by atoms with van der Waals surface area (Å²) < 4.78 is 16.6. The molecule has 2 heterocycles. The third-order valence-electron chi connectivity index (χ3n) is 6.72. The maximum absolute atomic E-state index is 13.4. The normalized spacial score (nSPS) is 20.1. The number of rotatable bonds is 9. The van der Waals surface area contributed by atoms with E-state index < -0.39 is 17.7 Å². The number of carbonyl (C=O) groups is 2. The van der Waals surface area contributed by atoms with Crippen molar-refractivity contribution in [3.05, 3.63) is 64.7 Å². The predicted octanol–water partition coefficient (Wildman–Crippen LogP) is 3.55. The minimum Gasteiger partial charge on any atom is -0.507 e. The topological polar surface area (TPSA) is 88.5 Å². The number of para-hydroxylation sites is 1. The van der Waals surface area contributed by atoms with Crippen molar-refractivity contribution in [1.29, 1.82) is 0 Å². The van der Waals surface area contributed by atoms with E-state index in [4.69, 9.17) is 14.2 Å². The van der Waals surface area contributed by atoms with Gasteiger partial charge >= 0.3 is 0 Å². The SMILES string of the molecule is CCOc1ccccc1[C@@H]1/C(=C(\O)c2ccc(OC)cc2C)C(=O)C(=O)N1CCCN1CCOCC1. The maximum atomic E-state index is 13.4. The first-order chi connectivity index (χ1) is 17.5. The first-order valence-electron chi connectivity index (χ1n) is 12.4. The van der Waals surface area contributed by atoms with Gasteiger partial charge in [0.25, 0.3) is 11.7 Å². The minimum absolute atomic E-state index is 0.0757. The number of aryl methyl sites for hydroxylation is 1. The summed E-state index contributed by atoms with van der Waals surface area (Å²) in [5.74, 6) is -0.264. The second kappa shape index (κ2) is 11.6. The fraction of sp³-hybridized carbons (Fsp3) is 0.429. The molecule has 0 bridgehead atoms. The summed E-state index contributed by atoms with van der Waals surface area (Å²) >= 11 is 0. The molecule has 2 fully saturated rings. The molecule has 8 nitrogen and oxygen atoms in total. The lowest BCUT2D eigenvalue weighted by Gasteiger charge is -2.29. The Morgan fingerprint density at radius 3 is 2.56 bits per heavy atom. The third-order valence-corrected chi connectivity index (χ3v) is 6.72. The standard InChI is InChI=1S/C28H34N2O6/c1-4-36-23-9-6-5-8-22(23)25-24(26(31)21-11-10-20(34-3)18-19(21)2)27(32)28(33)30(25)13-7-12-29-14-16-35-17-15-29/h5-6,8-11,18,25,31H,4,7,12-17H2,1-3H3/b26-24+/t25-/m1/s1. The Bertz CT molecular complexity index is 1140. The van der Waals surface area contributed by atoms with Crippen molar-refractivity contribution < 1.29 is 28.9 Å². The molecule has 0 radical (unpaired) electrons. The van der Waals surface area contributed by atoms with Crippen molar-refractivity contribution in [1.82, 2.24) is 9.80 Å². The van der Waals surface area contributed by atoms with Gasteiger partial charge in [0, 0.05) is 37.3 Å². The molecule has 192 valence electrons. The van der Waals surface area contributed by atoms with Crippen LogP contribution in [0.2, 0.25) is 0 Å². The summed E-state index contributed by atoms with van der Waals surface area (Å²) in [5, 5.41) is 11.4. The lowest BCUT2D eigenvalue weighted by atomic mass is 9.93. The molecule has 2 aromatic carbocycles. The van der Waals surface area contributed by atoms with Gasteiger partial charge in [-0.1, -0.05) is 18.2 Å². The molecule has 0 aliphatic carbocycles. The average molecular weight is 495 g/mol. The molecule has 2 saturated heterocycles. The summed E-state index contributed by atoms with van der Waals surface area (Å²) in [6.07, 6.45) is 0.696. The molecule has 0 unspecified atom stereocenters. The molecule has 1 amide bonds. The minimum atomic E-state index is -0.751. The number of ketones is 1. The monoisotopic (exact) mass is 494 g/mol. The smallest absolute Gasteiger partial charge is 0.295 e. The lowest BCUT2D eigenvalue weighted by molar-refractivity contribution is -0.140. The van der Waals surface area contributed by atoms with Gasteiger partial charge in [-0.2, -0.15) is 0 Å². The number of ether oxygens (including phenoxy) is 3. The highest BCUT2D eigenvalue weighted by atomic mass is 16.5. The van der Waals surface area contributed by atoms with E-state index in [9.17, 15) is 14.7 Å². The van der Waals surface area contributed by atoms with Crippen LogP contribution in [0.25, 0.3) is 5.76 Å². The second-order valence-electron chi connectivity index (χ2n) is 8.95. The van der Waals surface area contributed by atoms with Gasteiger partial charge in [0.15, 0.2) is 0 Å². The zero-order valence-corrected chi connectivity index (χ0v) is 21.2. The van der Waals surface area contributed by atoms with E-state index in [0.29, 0.717) is 55.4 Å². The number of nitrogens with zero attached hydrogens (tertiary/aromatic N) is 2. The van der Waals surface area contributed by atoms with Gasteiger partial charge in [0.1, 0.15) is 17.3 Å². The number of morpholine rings is 1. The largest absolute Gasteiger partial charge is 0.507 e. The molecule has 2 aromatic rings. The molecule has 0 spiro atoms. The van der Waals surface area contributed by atoms with E-state index in [-0.39, 0.29) is 11.3 Å². The quantitative estimate of drug-likeness (QED) is 0.324. The van der Waals surface area contributed by atoms with Crippen molar-refractivity contribution in [2.45, 2.75) is 26.3 Å². The van der Waals surface area contributed by atoms with Crippen molar-refractivity contribution >= 4 is 17.4 Å². The highest BCUT2D eigenvalue weighted by molar-refractivity contribution is 6.46. The Morgan fingerprint density at radius 1 is 1.11 bits per heavy atom. The lowest BCUT2D eigenvalue weighted by Crippen LogP contribution is -2.39. The van der Waals surface area contributed by atoms with E-state index in [1.165, 1.54) is 0 Å². The molecular formula is C28H34N2O6. The zero-order chi connectivity index (χ0) is 25.7. The summed E-state index contributed by atoms with van der Waals surface area (Å²) in [6.45, 7) is 8.44. The molecule has 1 N–H and O–H groups in total. The summed E-state index contributed by atoms with van der Waals surface area (Å²) in [4.78, 5) is 30.6. The maximum Gasteiger partial charge on any atom is 0.295 e. The van der Waals surface area contributed by atoms with Gasteiger partial charge in [-0.05, 0) is 50.1 Å². The van der Waals surface area contributed by atoms with Gasteiger partial charge in [0.05, 0.1) is 38.5 Å².